The molecule has 1 atom stereocenters. The van der Waals surface area contributed by atoms with Crippen molar-refractivity contribution in [2.24, 2.45) is 0 Å². The predicted octanol–water partition coefficient (Wildman–Crippen LogP) is 4.49. The van der Waals surface area contributed by atoms with E-state index in [9.17, 15) is 4.79 Å². The lowest BCUT2D eigenvalue weighted by molar-refractivity contribution is -0.135. The number of carbonyl (C=O) groups is 1. The highest BCUT2D eigenvalue weighted by molar-refractivity contribution is 8.01. The highest BCUT2D eigenvalue weighted by Crippen LogP contribution is 2.40. The Kier molecular flexibility index (Phi) is 4.16. The van der Waals surface area contributed by atoms with E-state index >= 15 is 0 Å². The van der Waals surface area contributed by atoms with Crippen LogP contribution in [0.25, 0.3) is 10.2 Å². The zero-order valence-electron chi connectivity index (χ0n) is 13.0. The van der Waals surface area contributed by atoms with Crippen molar-refractivity contribution in [1.82, 2.24) is 4.98 Å². The van der Waals surface area contributed by atoms with Crippen LogP contribution in [0.1, 0.15) is 17.9 Å². The molecule has 122 valence electrons. The minimum atomic E-state index is -0.189. The van der Waals surface area contributed by atoms with Crippen molar-refractivity contribution in [3.63, 3.8) is 0 Å². The summed E-state index contributed by atoms with van der Waals surface area (Å²) in [5.74, 6) is 2.05. The molecule has 0 fully saturated rings. The van der Waals surface area contributed by atoms with Crippen LogP contribution in [0, 0.1) is 0 Å². The molecule has 1 aromatic heterocycles. The number of methoxy groups -OCH3 is 1. The Morgan fingerprint density at radius 2 is 2.21 bits per heavy atom. The number of hydrogen-bond donors (Lipinski definition) is 0. The van der Waals surface area contributed by atoms with E-state index in [2.05, 4.69) is 11.1 Å². The largest absolute Gasteiger partial charge is 0.497 e. The lowest BCUT2D eigenvalue weighted by atomic mass is 9.94. The smallest absolute Gasteiger partial charge is 0.311 e. The van der Waals surface area contributed by atoms with Gasteiger partial charge in [0.25, 0.3) is 0 Å². The third kappa shape index (κ3) is 2.99. The Labute approximate surface area is 147 Å². The van der Waals surface area contributed by atoms with Gasteiger partial charge >= 0.3 is 5.97 Å². The van der Waals surface area contributed by atoms with Gasteiger partial charge in [-0.25, -0.2) is 4.98 Å². The Morgan fingerprint density at radius 3 is 3.04 bits per heavy atom. The second kappa shape index (κ2) is 6.45. The van der Waals surface area contributed by atoms with Gasteiger partial charge in [0.1, 0.15) is 11.5 Å². The molecule has 0 saturated heterocycles. The molecule has 2 heterocycles. The van der Waals surface area contributed by atoms with E-state index in [-0.39, 0.29) is 11.9 Å². The van der Waals surface area contributed by atoms with Crippen LogP contribution in [0.3, 0.4) is 0 Å². The monoisotopic (exact) mass is 357 g/mol. The number of para-hydroxylation sites is 1. The third-order valence-corrected chi connectivity index (χ3v) is 6.32. The second-order valence-corrected chi connectivity index (χ2v) is 7.84. The molecule has 1 aliphatic rings. The number of rotatable bonds is 4. The van der Waals surface area contributed by atoms with Crippen LogP contribution >= 0.6 is 23.1 Å². The number of nitrogens with zero attached hydrogens (tertiary/aromatic N) is 1. The number of hydrogen-bond acceptors (Lipinski definition) is 6. The van der Waals surface area contributed by atoms with Crippen molar-refractivity contribution >= 4 is 39.3 Å². The number of carbonyl (C=O) groups excluding carboxylic acids is 1. The summed E-state index contributed by atoms with van der Waals surface area (Å²) in [5, 5.41) is 0. The van der Waals surface area contributed by atoms with Crippen LogP contribution in [0.2, 0.25) is 0 Å². The minimum Gasteiger partial charge on any atom is -0.497 e. The van der Waals surface area contributed by atoms with E-state index in [4.69, 9.17) is 9.47 Å². The molecule has 0 aliphatic carbocycles. The summed E-state index contributed by atoms with van der Waals surface area (Å²) < 4.78 is 12.8. The van der Waals surface area contributed by atoms with Crippen molar-refractivity contribution in [1.29, 1.82) is 0 Å². The maximum atomic E-state index is 11.9. The summed E-state index contributed by atoms with van der Waals surface area (Å²) in [7, 11) is 1.60. The molecule has 0 spiro atoms. The molecule has 4 rings (SSSR count). The molecule has 0 amide bonds. The molecule has 3 aromatic rings. The summed E-state index contributed by atoms with van der Waals surface area (Å²) in [6, 6.07) is 13.8. The van der Waals surface area contributed by atoms with Crippen LogP contribution in [-0.2, 0) is 4.79 Å². The predicted molar refractivity (Wildman–Crippen MR) is 96.3 cm³/mol. The molecule has 4 nitrogen and oxygen atoms in total. The average molecular weight is 357 g/mol. The zero-order chi connectivity index (χ0) is 16.5. The highest BCUT2D eigenvalue weighted by Gasteiger charge is 2.28. The number of benzene rings is 2. The Balaban J connectivity index is 1.55. The topological polar surface area (TPSA) is 48.4 Å². The summed E-state index contributed by atoms with van der Waals surface area (Å²) in [6.07, 6.45) is 0.400. The van der Waals surface area contributed by atoms with Crippen LogP contribution in [0.5, 0.6) is 11.5 Å². The average Bonchev–Trinajstić information content (AvgIpc) is 3.01. The number of thiazole rings is 1. The first-order valence-electron chi connectivity index (χ1n) is 7.60. The fraction of sp³-hybridized carbons (Fsp3) is 0.222. The first-order valence-corrected chi connectivity index (χ1v) is 9.40. The fourth-order valence-electron chi connectivity index (χ4n) is 2.78. The Bertz CT molecular complexity index is 873. The van der Waals surface area contributed by atoms with E-state index in [0.717, 1.165) is 21.2 Å². The lowest BCUT2D eigenvalue weighted by Gasteiger charge is -2.24. The van der Waals surface area contributed by atoms with E-state index in [1.165, 1.54) is 4.70 Å². The molecule has 0 bridgehead atoms. The van der Waals surface area contributed by atoms with Gasteiger partial charge in [0.15, 0.2) is 4.34 Å². The van der Waals surface area contributed by atoms with Gasteiger partial charge < -0.3 is 9.47 Å². The van der Waals surface area contributed by atoms with Crippen molar-refractivity contribution in [2.45, 2.75) is 16.7 Å². The first kappa shape index (κ1) is 15.5. The molecule has 1 unspecified atom stereocenters. The summed E-state index contributed by atoms with van der Waals surface area (Å²) >= 11 is 3.39. The van der Waals surface area contributed by atoms with Gasteiger partial charge in [-0.05, 0) is 23.8 Å². The summed E-state index contributed by atoms with van der Waals surface area (Å²) in [6.45, 7) is 0. The van der Waals surface area contributed by atoms with Crippen LogP contribution in [-0.4, -0.2) is 23.8 Å². The lowest BCUT2D eigenvalue weighted by Crippen LogP contribution is -2.21. The molecule has 2 aromatic carbocycles. The first-order chi connectivity index (χ1) is 11.7. The molecule has 0 N–H and O–H groups in total. The quantitative estimate of drug-likeness (QED) is 0.391. The SMILES string of the molecule is COc1ccc2c(c1)OC(=O)CC2CSc1nc2ccccc2s1. The Morgan fingerprint density at radius 1 is 1.33 bits per heavy atom. The standard InChI is InChI=1S/C18H15NO3S2/c1-21-12-6-7-13-11(8-17(20)22-15(13)9-12)10-23-18-19-14-4-2-3-5-16(14)24-18/h2-7,9,11H,8,10H2,1H3. The van der Waals surface area contributed by atoms with Crippen LogP contribution in [0.15, 0.2) is 46.8 Å². The number of ether oxygens (including phenoxy) is 2. The molecular formula is C18H15NO3S2. The van der Waals surface area contributed by atoms with Crippen LogP contribution in [0.4, 0.5) is 0 Å². The van der Waals surface area contributed by atoms with Gasteiger partial charge in [0.05, 0.1) is 23.7 Å². The molecule has 0 saturated carbocycles. The van der Waals surface area contributed by atoms with Gasteiger partial charge in [-0.3, -0.25) is 4.79 Å². The number of aromatic nitrogens is 1. The van der Waals surface area contributed by atoms with E-state index < -0.39 is 0 Å². The van der Waals surface area contributed by atoms with Gasteiger partial charge in [0.2, 0.25) is 0 Å². The summed E-state index contributed by atoms with van der Waals surface area (Å²) in [5.41, 5.74) is 2.09. The third-order valence-electron chi connectivity index (χ3n) is 3.98. The molecule has 0 radical (unpaired) electrons. The van der Waals surface area contributed by atoms with E-state index in [1.54, 1.807) is 36.3 Å². The fourth-order valence-corrected chi connectivity index (χ4v) is 4.99. The minimum absolute atomic E-state index is 0.129. The highest BCUT2D eigenvalue weighted by atomic mass is 32.2. The molecule has 1 aliphatic heterocycles. The van der Waals surface area contributed by atoms with E-state index in [0.29, 0.717) is 17.9 Å². The number of thioether (sulfide) groups is 1. The van der Waals surface area contributed by atoms with E-state index in [1.807, 2.05) is 30.3 Å². The van der Waals surface area contributed by atoms with Crippen molar-refractivity contribution < 1.29 is 14.3 Å². The van der Waals surface area contributed by atoms with Gasteiger partial charge in [-0.1, -0.05) is 30.0 Å². The summed E-state index contributed by atoms with van der Waals surface area (Å²) in [4.78, 5) is 16.5. The maximum Gasteiger partial charge on any atom is 0.311 e. The van der Waals surface area contributed by atoms with Crippen molar-refractivity contribution in [3.8, 4) is 11.5 Å². The Hall–Kier alpha value is -2.05. The zero-order valence-corrected chi connectivity index (χ0v) is 14.7. The van der Waals surface area contributed by atoms with Crippen molar-refractivity contribution in [2.75, 3.05) is 12.9 Å². The van der Waals surface area contributed by atoms with Gasteiger partial charge in [0, 0.05) is 17.7 Å². The van der Waals surface area contributed by atoms with Crippen molar-refractivity contribution in [3.05, 3.63) is 48.0 Å². The molecule has 24 heavy (non-hydrogen) atoms. The maximum absolute atomic E-state index is 11.9. The van der Waals surface area contributed by atoms with Gasteiger partial charge in [-0.15, -0.1) is 11.3 Å². The number of esters is 1. The van der Waals surface area contributed by atoms with Crippen LogP contribution < -0.4 is 9.47 Å². The van der Waals surface area contributed by atoms with Gasteiger partial charge in [-0.2, -0.15) is 0 Å². The molecule has 6 heteroatoms. The molecular weight excluding hydrogens is 342 g/mol. The normalized spacial score (nSPS) is 16.7. The number of fused-ring (bicyclic) bond motifs is 2. The second-order valence-electron chi connectivity index (χ2n) is 5.54.